The van der Waals surface area contributed by atoms with E-state index in [2.05, 4.69) is 4.89 Å². The van der Waals surface area contributed by atoms with Crippen LogP contribution in [0.4, 0.5) is 0 Å². The number of methoxy groups -OCH3 is 3. The normalized spacial score (nSPS) is 18.2. The fourth-order valence-corrected chi connectivity index (χ4v) is 0.973. The van der Waals surface area contributed by atoms with Crippen molar-refractivity contribution in [3.05, 3.63) is 6.10 Å². The summed E-state index contributed by atoms with van der Waals surface area (Å²) in [6.45, 7) is 1.57. The Bertz CT molecular complexity index is 141. The quantitative estimate of drug-likeness (QED) is 0.363. The molecule has 0 aliphatic carbocycles. The molecule has 0 saturated carbocycles. The van der Waals surface area contributed by atoms with Crippen molar-refractivity contribution in [3.8, 4) is 0 Å². The molecule has 0 aromatic rings. The molecule has 0 aliphatic rings. The van der Waals surface area contributed by atoms with Gasteiger partial charge in [0.2, 0.25) is 6.29 Å². The molecular weight excluding hydrogens is 192 g/mol. The Morgan fingerprint density at radius 1 is 1.21 bits per heavy atom. The predicted octanol–water partition coefficient (Wildman–Crippen LogP) is 0.0702. The minimum atomic E-state index is -1.59. The van der Waals surface area contributed by atoms with Gasteiger partial charge < -0.3 is 19.3 Å². The van der Waals surface area contributed by atoms with Gasteiger partial charge in [-0.25, -0.2) is 4.89 Å². The minimum absolute atomic E-state index is 0.274. The van der Waals surface area contributed by atoms with Gasteiger partial charge in [-0.05, 0) is 6.92 Å². The molecule has 0 fully saturated rings. The summed E-state index contributed by atoms with van der Waals surface area (Å²) in [7, 11) is 5.35. The zero-order chi connectivity index (χ0) is 11.2. The Morgan fingerprint density at radius 3 is 2.07 bits per heavy atom. The average molecular weight is 209 g/mol. The third-order valence-electron chi connectivity index (χ3n) is 1.86. The molecule has 0 aromatic carbocycles. The van der Waals surface area contributed by atoms with Gasteiger partial charge in [0.1, 0.15) is 0 Å². The first-order valence-corrected chi connectivity index (χ1v) is 3.94. The van der Waals surface area contributed by atoms with E-state index in [0.717, 1.165) is 0 Å². The molecule has 1 radical (unpaired) electrons. The monoisotopic (exact) mass is 209 g/mol. The molecule has 0 heterocycles. The molecule has 85 valence electrons. The van der Waals surface area contributed by atoms with Gasteiger partial charge in [0.05, 0.1) is 7.11 Å². The van der Waals surface area contributed by atoms with Crippen molar-refractivity contribution in [2.45, 2.75) is 19.0 Å². The maximum absolute atomic E-state index is 9.55. The molecule has 0 spiro atoms. The average Bonchev–Trinajstić information content (AvgIpc) is 2.23. The topological polar surface area (TPSA) is 66.4 Å². The summed E-state index contributed by atoms with van der Waals surface area (Å²) >= 11 is 0. The minimum Gasteiger partial charge on any atom is -0.369 e. The van der Waals surface area contributed by atoms with Crippen LogP contribution < -0.4 is 0 Å². The van der Waals surface area contributed by atoms with Crippen LogP contribution in [0.15, 0.2) is 0 Å². The number of aliphatic hydroxyl groups is 1. The predicted molar refractivity (Wildman–Crippen MR) is 46.8 cm³/mol. The number of hydrogen-bond acceptors (Lipinski definition) is 6. The molecular formula is C8H17O6. The van der Waals surface area contributed by atoms with Crippen molar-refractivity contribution in [2.75, 3.05) is 28.4 Å². The van der Waals surface area contributed by atoms with E-state index in [1.165, 1.54) is 28.4 Å². The second kappa shape index (κ2) is 6.28. The summed E-state index contributed by atoms with van der Waals surface area (Å²) < 4.78 is 14.6. The summed E-state index contributed by atoms with van der Waals surface area (Å²) in [6.07, 6.45) is -1.08. The molecule has 0 rings (SSSR count). The summed E-state index contributed by atoms with van der Waals surface area (Å²) in [5.41, 5.74) is 0. The van der Waals surface area contributed by atoms with Crippen LogP contribution >= 0.6 is 0 Å². The van der Waals surface area contributed by atoms with E-state index in [0.29, 0.717) is 0 Å². The van der Waals surface area contributed by atoms with Crippen LogP contribution in [-0.4, -0.2) is 45.6 Å². The van der Waals surface area contributed by atoms with Crippen molar-refractivity contribution in [3.63, 3.8) is 0 Å². The molecule has 6 nitrogen and oxygen atoms in total. The van der Waals surface area contributed by atoms with Crippen molar-refractivity contribution in [1.82, 2.24) is 0 Å². The first kappa shape index (κ1) is 13.8. The highest BCUT2D eigenvalue weighted by molar-refractivity contribution is 4.93. The van der Waals surface area contributed by atoms with Gasteiger partial charge in [0.25, 0.3) is 5.79 Å². The van der Waals surface area contributed by atoms with Gasteiger partial charge >= 0.3 is 0 Å². The Balaban J connectivity index is 4.76. The van der Waals surface area contributed by atoms with E-state index in [4.69, 9.17) is 19.1 Å². The number of ether oxygens (including phenoxy) is 3. The lowest BCUT2D eigenvalue weighted by atomic mass is 10.1. The highest BCUT2D eigenvalue weighted by atomic mass is 17.2. The lowest BCUT2D eigenvalue weighted by Crippen LogP contribution is -2.52. The van der Waals surface area contributed by atoms with E-state index in [1.807, 2.05) is 0 Å². The molecule has 2 unspecified atom stereocenters. The van der Waals surface area contributed by atoms with E-state index in [9.17, 15) is 5.11 Å². The Kier molecular flexibility index (Phi) is 6.17. The fourth-order valence-electron chi connectivity index (χ4n) is 0.973. The van der Waals surface area contributed by atoms with Crippen LogP contribution in [0.1, 0.15) is 6.92 Å². The van der Waals surface area contributed by atoms with Gasteiger partial charge in [-0.2, -0.15) is 4.89 Å². The number of aliphatic hydroxyl groups excluding tert-OH is 1. The number of hydrogen-bond donors (Lipinski definition) is 1. The van der Waals surface area contributed by atoms with Crippen LogP contribution in [0.25, 0.3) is 0 Å². The van der Waals surface area contributed by atoms with Gasteiger partial charge in [-0.1, -0.05) is 0 Å². The Hall–Kier alpha value is -0.240. The highest BCUT2D eigenvalue weighted by Crippen LogP contribution is 2.30. The van der Waals surface area contributed by atoms with Crippen molar-refractivity contribution in [1.29, 1.82) is 0 Å². The first-order valence-electron chi connectivity index (χ1n) is 3.94. The maximum atomic E-state index is 9.55. The fraction of sp³-hybridized carbons (Fsp3) is 0.875. The van der Waals surface area contributed by atoms with Crippen LogP contribution in [0.5, 0.6) is 0 Å². The zero-order valence-corrected chi connectivity index (χ0v) is 9.07. The van der Waals surface area contributed by atoms with E-state index < -0.39 is 12.1 Å². The summed E-state index contributed by atoms with van der Waals surface area (Å²) in [6, 6.07) is 0. The Morgan fingerprint density at radius 2 is 1.79 bits per heavy atom. The molecule has 1 N–H and O–H groups in total. The number of rotatable bonds is 7. The molecule has 0 aromatic heterocycles. The largest absolute Gasteiger partial charge is 0.369 e. The molecule has 2 atom stereocenters. The van der Waals surface area contributed by atoms with Crippen LogP contribution in [0.3, 0.4) is 0 Å². The SMILES string of the molecule is COOC(OC)([C](C)OC)C(O)OC. The smallest absolute Gasteiger partial charge is 0.284 e. The summed E-state index contributed by atoms with van der Waals surface area (Å²) in [5, 5.41) is 9.55. The molecule has 0 aliphatic heterocycles. The second-order valence-electron chi connectivity index (χ2n) is 2.47. The van der Waals surface area contributed by atoms with Gasteiger partial charge in [0.15, 0.2) is 6.10 Å². The zero-order valence-electron chi connectivity index (χ0n) is 9.07. The molecule has 6 heteroatoms. The molecule has 0 amide bonds. The summed E-state index contributed by atoms with van der Waals surface area (Å²) in [4.78, 5) is 9.30. The maximum Gasteiger partial charge on any atom is 0.284 e. The van der Waals surface area contributed by atoms with E-state index in [1.54, 1.807) is 6.92 Å². The highest BCUT2D eigenvalue weighted by Gasteiger charge is 2.48. The molecule has 14 heavy (non-hydrogen) atoms. The second-order valence-corrected chi connectivity index (χ2v) is 2.47. The van der Waals surface area contributed by atoms with Crippen LogP contribution in [0, 0.1) is 6.10 Å². The summed E-state index contributed by atoms with van der Waals surface area (Å²) in [5.74, 6) is -1.59. The lowest BCUT2D eigenvalue weighted by molar-refractivity contribution is -0.458. The van der Waals surface area contributed by atoms with Gasteiger partial charge in [-0.15, -0.1) is 0 Å². The van der Waals surface area contributed by atoms with Crippen LogP contribution in [-0.2, 0) is 24.0 Å². The van der Waals surface area contributed by atoms with Crippen molar-refractivity contribution >= 4 is 0 Å². The Labute approximate surface area is 83.6 Å². The lowest BCUT2D eigenvalue weighted by Gasteiger charge is -2.36. The third-order valence-corrected chi connectivity index (χ3v) is 1.86. The van der Waals surface area contributed by atoms with E-state index in [-0.39, 0.29) is 6.10 Å². The molecule has 0 bridgehead atoms. The standard InChI is InChI=1S/C8H17O6/c1-6(10-2)8(12-4,14-13-5)7(9)11-3/h7,9H,1-5H3. The van der Waals surface area contributed by atoms with Crippen molar-refractivity contribution in [2.24, 2.45) is 0 Å². The van der Waals surface area contributed by atoms with Gasteiger partial charge in [0, 0.05) is 21.3 Å². The van der Waals surface area contributed by atoms with Gasteiger partial charge in [-0.3, -0.25) is 0 Å². The van der Waals surface area contributed by atoms with Crippen LogP contribution in [0.2, 0.25) is 0 Å². The first-order chi connectivity index (χ1) is 6.58. The third kappa shape index (κ3) is 2.63. The van der Waals surface area contributed by atoms with E-state index >= 15 is 0 Å². The van der Waals surface area contributed by atoms with Crippen molar-refractivity contribution < 1.29 is 29.1 Å². The molecule has 0 saturated heterocycles.